The second-order valence-corrected chi connectivity index (χ2v) is 15.2. The van der Waals surface area contributed by atoms with Crippen molar-refractivity contribution in [2.24, 2.45) is 17.6 Å². The normalized spacial score (nSPS) is 32.9. The minimum absolute atomic E-state index is 0.0471. The monoisotopic (exact) mass is 780 g/mol. The number of aliphatic hydroxyl groups is 5. The molecule has 3 fully saturated rings. The van der Waals surface area contributed by atoms with Gasteiger partial charge >= 0.3 is 10.4 Å². The van der Waals surface area contributed by atoms with E-state index in [0.717, 1.165) is 12.7 Å². The Kier molecular flexibility index (Phi) is 14.6. The molecule has 3 amide bonds. The minimum atomic E-state index is -4.92. The lowest BCUT2D eigenvalue weighted by Gasteiger charge is -2.44. The number of carbonyl (C=O) groups is 3. The topological polar surface area (TPSA) is 324 Å². The predicted octanol–water partition coefficient (Wildman–Crippen LogP) is -4.47. The van der Waals surface area contributed by atoms with Crippen molar-refractivity contribution in [3.63, 3.8) is 0 Å². The van der Waals surface area contributed by atoms with Gasteiger partial charge in [-0.25, -0.2) is 4.18 Å². The molecule has 3 heterocycles. The number of nitrogens with one attached hydrogen (secondary N) is 3. The Labute approximate surface area is 306 Å². The molecule has 3 aliphatic heterocycles. The van der Waals surface area contributed by atoms with E-state index in [1.807, 2.05) is 6.08 Å². The number of hydrogen-bond donors (Lipinski definition) is 10. The summed E-state index contributed by atoms with van der Waals surface area (Å²) >= 11 is 0. The fraction of sp³-hybridized carbons (Fsp3) is 0.806. The average molecular weight is 781 g/mol. The third-order valence-electron chi connectivity index (χ3n) is 10.2. The van der Waals surface area contributed by atoms with Crippen molar-refractivity contribution in [2.75, 3.05) is 40.0 Å². The number of aliphatic hydroxyl groups excluding tert-OH is 5. The molecule has 0 radical (unpaired) electrons. The van der Waals surface area contributed by atoms with Gasteiger partial charge in [-0.1, -0.05) is 25.5 Å². The van der Waals surface area contributed by atoms with Gasteiger partial charge in [0.1, 0.15) is 43.1 Å². The van der Waals surface area contributed by atoms with Gasteiger partial charge in [0.2, 0.25) is 11.8 Å². The maximum Gasteiger partial charge on any atom is 0.397 e. The lowest BCUT2D eigenvalue weighted by atomic mass is 9.81. The van der Waals surface area contributed by atoms with Crippen molar-refractivity contribution < 1.29 is 71.3 Å². The molecule has 53 heavy (non-hydrogen) atoms. The molecule has 1 aliphatic carbocycles. The number of fused-ring (bicyclic) bond motifs is 1. The summed E-state index contributed by atoms with van der Waals surface area (Å²) in [5, 5.41) is 64.8. The van der Waals surface area contributed by atoms with E-state index in [4.69, 9.17) is 29.9 Å². The van der Waals surface area contributed by atoms with Crippen LogP contribution in [0.2, 0.25) is 0 Å². The van der Waals surface area contributed by atoms with Gasteiger partial charge in [0, 0.05) is 32.8 Å². The van der Waals surface area contributed by atoms with E-state index in [-0.39, 0.29) is 31.8 Å². The first kappa shape index (κ1) is 42.7. The van der Waals surface area contributed by atoms with Gasteiger partial charge in [0.25, 0.3) is 5.91 Å². The summed E-state index contributed by atoms with van der Waals surface area (Å²) in [5.41, 5.74) is 6.53. The second kappa shape index (κ2) is 18.1. The quantitative estimate of drug-likeness (QED) is 0.0324. The van der Waals surface area contributed by atoms with E-state index < -0.39 is 120 Å². The summed E-state index contributed by atoms with van der Waals surface area (Å²) in [6.45, 7) is 2.77. The highest BCUT2D eigenvalue weighted by Crippen LogP contribution is 2.42. The van der Waals surface area contributed by atoms with E-state index >= 15 is 0 Å². The number of likely N-dealkylation sites (tertiary alicyclic amines) is 1. The summed E-state index contributed by atoms with van der Waals surface area (Å²) in [6.07, 6.45) is -9.37. The van der Waals surface area contributed by atoms with Crippen LogP contribution in [0.5, 0.6) is 0 Å². The maximum atomic E-state index is 14.5. The molecule has 21 nitrogen and oxygen atoms in total. The minimum Gasteiger partial charge on any atom is -0.394 e. The number of amides is 3. The zero-order chi connectivity index (χ0) is 39.4. The van der Waals surface area contributed by atoms with Crippen LogP contribution in [0.15, 0.2) is 11.6 Å². The van der Waals surface area contributed by atoms with Crippen LogP contribution in [0.1, 0.15) is 39.5 Å². The Morgan fingerprint density at radius 1 is 1.11 bits per heavy atom. The van der Waals surface area contributed by atoms with Crippen molar-refractivity contribution in [2.45, 2.75) is 107 Å². The Morgan fingerprint density at radius 2 is 1.81 bits per heavy atom. The Morgan fingerprint density at radius 3 is 2.40 bits per heavy atom. The molecule has 0 bridgehead atoms. The van der Waals surface area contributed by atoms with Crippen molar-refractivity contribution in [1.82, 2.24) is 20.4 Å². The molecular weight excluding hydrogens is 728 g/mol. The maximum absolute atomic E-state index is 14.5. The summed E-state index contributed by atoms with van der Waals surface area (Å²) in [7, 11) is -3.82. The third kappa shape index (κ3) is 10.4. The molecule has 0 aromatic rings. The second-order valence-electron chi connectivity index (χ2n) is 14.1. The summed E-state index contributed by atoms with van der Waals surface area (Å²) in [4.78, 5) is 44.5. The SMILES string of the molecule is COC(COS(=O)(=O)O)C(=O)NC(C(=O)N1C(C(=O)NCCC2=CCN(C(=N)N)C2)CC2CC(O)C(OC3OC(CO)C(O)C(O)C3O)CC21)C(C)C. The van der Waals surface area contributed by atoms with Gasteiger partial charge in [0.05, 0.1) is 18.8 Å². The highest BCUT2D eigenvalue weighted by molar-refractivity contribution is 7.80. The molecule has 0 spiro atoms. The Bertz CT molecular complexity index is 1470. The number of carbonyl (C=O) groups excluding carboxylic acids is 3. The van der Waals surface area contributed by atoms with Gasteiger partial charge < -0.3 is 65.9 Å². The highest BCUT2D eigenvalue weighted by Gasteiger charge is 2.54. The van der Waals surface area contributed by atoms with Crippen molar-refractivity contribution >= 4 is 34.1 Å². The first-order chi connectivity index (χ1) is 24.9. The van der Waals surface area contributed by atoms with Gasteiger partial charge in [-0.3, -0.25) is 24.3 Å². The van der Waals surface area contributed by atoms with Crippen LogP contribution in [0.25, 0.3) is 0 Å². The standard InChI is InChI=1S/C31H52N6O15S/c1-14(2)23(35-28(44)22(49-3)13-50-53(46,47)48)29(45)37-17-10-20(51-30-26(42)25(41)24(40)21(12-38)52-30)19(39)9-16(17)8-18(37)27(43)34-6-4-15-5-7-36(11-15)31(32)33/h5,14,16-26,30,38-42H,4,6-13H2,1-3H3,(H3,32,33)(H,34,43)(H,35,44)(H,46,47,48). The molecule has 11 N–H and O–H groups in total. The molecule has 2 saturated heterocycles. The number of guanidine groups is 1. The van der Waals surface area contributed by atoms with E-state index in [2.05, 4.69) is 14.8 Å². The fourth-order valence-corrected chi connectivity index (χ4v) is 7.54. The molecular formula is C31H52N6O15S. The molecule has 302 valence electrons. The average Bonchev–Trinajstić information content (AvgIpc) is 3.72. The van der Waals surface area contributed by atoms with E-state index in [1.165, 1.54) is 4.90 Å². The van der Waals surface area contributed by atoms with Crippen LogP contribution in [0.4, 0.5) is 0 Å². The zero-order valence-corrected chi connectivity index (χ0v) is 30.5. The van der Waals surface area contributed by atoms with E-state index in [0.29, 0.717) is 19.5 Å². The lowest BCUT2D eigenvalue weighted by molar-refractivity contribution is -0.320. The lowest BCUT2D eigenvalue weighted by Crippen LogP contribution is -2.62. The molecule has 1 saturated carbocycles. The molecule has 22 heteroatoms. The zero-order valence-electron chi connectivity index (χ0n) is 29.7. The summed E-state index contributed by atoms with van der Waals surface area (Å²) in [5.74, 6) is -3.20. The van der Waals surface area contributed by atoms with Gasteiger partial charge in [-0.2, -0.15) is 8.42 Å². The van der Waals surface area contributed by atoms with Crippen molar-refractivity contribution in [1.29, 1.82) is 5.41 Å². The number of ether oxygens (including phenoxy) is 3. The molecule has 0 aromatic heterocycles. The largest absolute Gasteiger partial charge is 0.397 e. The number of nitrogens with two attached hydrogens (primary N) is 1. The number of nitrogens with zero attached hydrogens (tertiary/aromatic N) is 2. The first-order valence-corrected chi connectivity index (χ1v) is 18.7. The van der Waals surface area contributed by atoms with Crippen LogP contribution in [-0.2, 0) is 43.2 Å². The van der Waals surface area contributed by atoms with Crippen LogP contribution >= 0.6 is 0 Å². The van der Waals surface area contributed by atoms with Gasteiger partial charge in [0.15, 0.2) is 18.4 Å². The molecule has 4 aliphatic rings. The fourth-order valence-electron chi connectivity index (χ4n) is 7.24. The molecule has 0 aromatic carbocycles. The van der Waals surface area contributed by atoms with Crippen molar-refractivity contribution in [3.8, 4) is 0 Å². The number of methoxy groups -OCH3 is 1. The molecule has 12 atom stereocenters. The van der Waals surface area contributed by atoms with Crippen molar-refractivity contribution in [3.05, 3.63) is 11.6 Å². The Balaban J connectivity index is 1.56. The first-order valence-electron chi connectivity index (χ1n) is 17.3. The van der Waals surface area contributed by atoms with Crippen LogP contribution in [-0.4, -0.2) is 179 Å². The van der Waals surface area contributed by atoms with Gasteiger partial charge in [-0.15, -0.1) is 0 Å². The van der Waals surface area contributed by atoms with Crippen LogP contribution in [0.3, 0.4) is 0 Å². The highest BCUT2D eigenvalue weighted by atomic mass is 32.3. The Hall–Kier alpha value is -3.03. The smallest absolute Gasteiger partial charge is 0.394 e. The summed E-state index contributed by atoms with van der Waals surface area (Å²) < 4.78 is 51.9. The third-order valence-corrected chi connectivity index (χ3v) is 10.6. The summed E-state index contributed by atoms with van der Waals surface area (Å²) in [6, 6.07) is -3.10. The predicted molar refractivity (Wildman–Crippen MR) is 181 cm³/mol. The number of rotatable bonds is 15. The molecule has 12 unspecified atom stereocenters. The van der Waals surface area contributed by atoms with E-state index in [9.17, 15) is 48.3 Å². The van der Waals surface area contributed by atoms with E-state index in [1.54, 1.807) is 18.7 Å². The van der Waals surface area contributed by atoms with Crippen LogP contribution in [0, 0.1) is 17.2 Å². The van der Waals surface area contributed by atoms with Gasteiger partial charge in [-0.05, 0) is 37.5 Å². The number of hydrogen-bond acceptors (Lipinski definition) is 15. The molecule has 4 rings (SSSR count). The van der Waals surface area contributed by atoms with Crippen LogP contribution < -0.4 is 16.4 Å².